The Labute approximate surface area is 150 Å². The average molecular weight is 349 g/mol. The van der Waals surface area contributed by atoms with E-state index in [0.29, 0.717) is 25.0 Å². The molecule has 0 fully saturated rings. The molecule has 7 nitrogen and oxygen atoms in total. The zero-order chi connectivity index (χ0) is 18.5. The van der Waals surface area contributed by atoms with Crippen LogP contribution in [0.3, 0.4) is 0 Å². The molecule has 0 saturated heterocycles. The van der Waals surface area contributed by atoms with Crippen LogP contribution in [0.25, 0.3) is 0 Å². The van der Waals surface area contributed by atoms with E-state index in [0.717, 1.165) is 25.1 Å². The van der Waals surface area contributed by atoms with Gasteiger partial charge < -0.3 is 20.7 Å². The number of hydrogen-bond donors (Lipinski definition) is 3. The number of pyridine rings is 1. The molecular formula is C18H31N5O2. The van der Waals surface area contributed by atoms with Crippen molar-refractivity contribution in [1.82, 2.24) is 20.9 Å². The van der Waals surface area contributed by atoms with Gasteiger partial charge in [-0.05, 0) is 31.4 Å². The summed E-state index contributed by atoms with van der Waals surface area (Å²) >= 11 is 0. The Morgan fingerprint density at radius 2 is 2.12 bits per heavy atom. The third kappa shape index (κ3) is 9.54. The smallest absolute Gasteiger partial charge is 0.407 e. The molecule has 1 unspecified atom stereocenters. The van der Waals surface area contributed by atoms with Crippen LogP contribution in [-0.2, 0) is 11.2 Å². The molecule has 0 bridgehead atoms. The van der Waals surface area contributed by atoms with Crippen LogP contribution in [0.1, 0.15) is 32.9 Å². The Kier molecular flexibility index (Phi) is 10.0. The normalized spacial score (nSPS) is 12.6. The van der Waals surface area contributed by atoms with E-state index in [4.69, 9.17) is 4.74 Å². The third-order valence-corrected chi connectivity index (χ3v) is 3.49. The van der Waals surface area contributed by atoms with Crippen LogP contribution in [0.2, 0.25) is 0 Å². The molecule has 1 amide bonds. The number of nitrogens with zero attached hydrogens (tertiary/aromatic N) is 2. The maximum atomic E-state index is 11.7. The number of amides is 1. The molecule has 3 N–H and O–H groups in total. The summed E-state index contributed by atoms with van der Waals surface area (Å²) in [5, 5.41) is 9.41. The van der Waals surface area contributed by atoms with Gasteiger partial charge in [-0.15, -0.1) is 0 Å². The van der Waals surface area contributed by atoms with E-state index in [1.54, 1.807) is 20.2 Å². The average Bonchev–Trinajstić information content (AvgIpc) is 2.58. The predicted molar refractivity (Wildman–Crippen MR) is 101 cm³/mol. The van der Waals surface area contributed by atoms with Crippen LogP contribution in [0.5, 0.6) is 0 Å². The molecule has 1 aromatic rings. The minimum atomic E-state index is -0.381. The van der Waals surface area contributed by atoms with Gasteiger partial charge in [-0.2, -0.15) is 0 Å². The van der Waals surface area contributed by atoms with E-state index in [-0.39, 0.29) is 12.1 Å². The Balaban J connectivity index is 2.41. The third-order valence-electron chi connectivity index (χ3n) is 3.49. The highest BCUT2D eigenvalue weighted by Crippen LogP contribution is 2.04. The minimum Gasteiger partial charge on any atom is -0.450 e. The zero-order valence-corrected chi connectivity index (χ0v) is 15.7. The summed E-state index contributed by atoms with van der Waals surface area (Å²) < 4.78 is 4.97. The second-order valence-electron chi connectivity index (χ2n) is 6.14. The van der Waals surface area contributed by atoms with Gasteiger partial charge in [-0.3, -0.25) is 9.98 Å². The lowest BCUT2D eigenvalue weighted by atomic mass is 10.0. The summed E-state index contributed by atoms with van der Waals surface area (Å²) in [5.41, 5.74) is 1.03. The lowest BCUT2D eigenvalue weighted by Gasteiger charge is -2.22. The first-order valence-corrected chi connectivity index (χ1v) is 8.82. The topological polar surface area (TPSA) is 87.6 Å². The molecule has 1 atom stereocenters. The molecule has 0 aromatic carbocycles. The largest absolute Gasteiger partial charge is 0.450 e. The van der Waals surface area contributed by atoms with E-state index in [1.807, 2.05) is 18.2 Å². The molecular weight excluding hydrogens is 318 g/mol. The Hall–Kier alpha value is -2.31. The summed E-state index contributed by atoms with van der Waals surface area (Å²) in [6, 6.07) is 5.86. The molecule has 0 aliphatic rings. The first kappa shape index (κ1) is 20.7. The fraction of sp³-hybridized carbons (Fsp3) is 0.611. The molecule has 0 saturated carbocycles. The molecule has 0 aliphatic heterocycles. The molecule has 0 spiro atoms. The first-order valence-electron chi connectivity index (χ1n) is 8.82. The second-order valence-corrected chi connectivity index (χ2v) is 6.14. The van der Waals surface area contributed by atoms with Gasteiger partial charge in [0.2, 0.25) is 0 Å². The second kappa shape index (κ2) is 12.1. The summed E-state index contributed by atoms with van der Waals surface area (Å²) in [6.45, 7) is 7.73. The molecule has 1 aromatic heterocycles. The van der Waals surface area contributed by atoms with Crippen molar-refractivity contribution in [2.45, 2.75) is 39.7 Å². The molecule has 1 heterocycles. The molecule has 1 rings (SSSR count). The van der Waals surface area contributed by atoms with Gasteiger partial charge >= 0.3 is 6.09 Å². The fourth-order valence-corrected chi connectivity index (χ4v) is 2.40. The number of aliphatic imine (C=N–C) groups is 1. The van der Waals surface area contributed by atoms with Gasteiger partial charge in [0.15, 0.2) is 5.96 Å². The number of guanidine groups is 1. The Morgan fingerprint density at radius 1 is 1.32 bits per heavy atom. The number of rotatable bonds is 9. The van der Waals surface area contributed by atoms with Crippen molar-refractivity contribution in [2.24, 2.45) is 10.9 Å². The summed E-state index contributed by atoms with van der Waals surface area (Å²) in [4.78, 5) is 20.2. The number of ether oxygens (including phenoxy) is 1. The fourth-order valence-electron chi connectivity index (χ4n) is 2.40. The summed E-state index contributed by atoms with van der Waals surface area (Å²) in [6.07, 6.45) is 3.09. The number of carbonyl (C=O) groups excluding carboxylic acids is 1. The van der Waals surface area contributed by atoms with Gasteiger partial charge in [-0.1, -0.05) is 19.9 Å². The van der Waals surface area contributed by atoms with Gasteiger partial charge in [0, 0.05) is 44.5 Å². The number of aromatic nitrogens is 1. The van der Waals surface area contributed by atoms with Gasteiger partial charge in [-0.25, -0.2) is 4.79 Å². The van der Waals surface area contributed by atoms with E-state index in [9.17, 15) is 4.79 Å². The SMILES string of the molecule is CCOC(=O)NC(CNC(=NC)NCCc1ccccn1)CC(C)C. The van der Waals surface area contributed by atoms with Crippen LogP contribution in [0.15, 0.2) is 29.4 Å². The molecule has 0 aliphatic carbocycles. The van der Waals surface area contributed by atoms with Crippen molar-refractivity contribution in [3.05, 3.63) is 30.1 Å². The van der Waals surface area contributed by atoms with Crippen LogP contribution >= 0.6 is 0 Å². The Bertz CT molecular complexity index is 519. The lowest BCUT2D eigenvalue weighted by Crippen LogP contribution is -2.48. The number of nitrogens with one attached hydrogen (secondary N) is 3. The van der Waals surface area contributed by atoms with E-state index in [2.05, 4.69) is 39.8 Å². The van der Waals surface area contributed by atoms with E-state index in [1.165, 1.54) is 0 Å². The highest BCUT2D eigenvalue weighted by molar-refractivity contribution is 5.79. The summed E-state index contributed by atoms with van der Waals surface area (Å²) in [5.74, 6) is 1.17. The van der Waals surface area contributed by atoms with E-state index >= 15 is 0 Å². The number of carbonyl (C=O) groups is 1. The highest BCUT2D eigenvalue weighted by atomic mass is 16.5. The number of hydrogen-bond acceptors (Lipinski definition) is 4. The van der Waals surface area contributed by atoms with E-state index < -0.39 is 0 Å². The highest BCUT2D eigenvalue weighted by Gasteiger charge is 2.15. The maximum Gasteiger partial charge on any atom is 0.407 e. The first-order chi connectivity index (χ1) is 12.0. The predicted octanol–water partition coefficient (Wildman–Crippen LogP) is 1.95. The van der Waals surface area contributed by atoms with Crippen molar-refractivity contribution in [3.63, 3.8) is 0 Å². The minimum absolute atomic E-state index is 0.0200. The molecule has 140 valence electrons. The quantitative estimate of drug-likeness (QED) is 0.468. The molecule has 25 heavy (non-hydrogen) atoms. The molecule has 0 radical (unpaired) electrons. The van der Waals surface area contributed by atoms with Crippen LogP contribution in [0, 0.1) is 5.92 Å². The van der Waals surface area contributed by atoms with Crippen LogP contribution < -0.4 is 16.0 Å². The molecule has 7 heteroatoms. The monoisotopic (exact) mass is 349 g/mol. The lowest BCUT2D eigenvalue weighted by molar-refractivity contribution is 0.146. The van der Waals surface area contributed by atoms with Gasteiger partial charge in [0.05, 0.1) is 6.61 Å². The van der Waals surface area contributed by atoms with Crippen LogP contribution in [0.4, 0.5) is 4.79 Å². The van der Waals surface area contributed by atoms with Crippen LogP contribution in [-0.4, -0.2) is 49.8 Å². The van der Waals surface area contributed by atoms with Crippen molar-refractivity contribution < 1.29 is 9.53 Å². The standard InChI is InChI=1S/C18H31N5O2/c1-5-25-18(24)23-16(12-14(2)3)13-22-17(19-4)21-11-9-15-8-6-7-10-20-15/h6-8,10,14,16H,5,9,11-13H2,1-4H3,(H,23,24)(H2,19,21,22). The number of alkyl carbamates (subject to hydrolysis) is 1. The van der Waals surface area contributed by atoms with Crippen molar-refractivity contribution in [2.75, 3.05) is 26.7 Å². The summed E-state index contributed by atoms with van der Waals surface area (Å²) in [7, 11) is 1.73. The maximum absolute atomic E-state index is 11.7. The van der Waals surface area contributed by atoms with Crippen molar-refractivity contribution >= 4 is 12.1 Å². The van der Waals surface area contributed by atoms with Gasteiger partial charge in [0.25, 0.3) is 0 Å². The zero-order valence-electron chi connectivity index (χ0n) is 15.7. The van der Waals surface area contributed by atoms with Crippen molar-refractivity contribution in [3.8, 4) is 0 Å². The van der Waals surface area contributed by atoms with Crippen molar-refractivity contribution in [1.29, 1.82) is 0 Å². The van der Waals surface area contributed by atoms with Gasteiger partial charge in [0.1, 0.15) is 0 Å². The Morgan fingerprint density at radius 3 is 2.72 bits per heavy atom.